The molecule has 2 aromatic rings. The summed E-state index contributed by atoms with van der Waals surface area (Å²) in [7, 11) is 0. The molecule has 0 spiro atoms. The molecule has 0 aliphatic heterocycles. The second-order valence-corrected chi connectivity index (χ2v) is 4.35. The predicted molar refractivity (Wildman–Crippen MR) is 64.7 cm³/mol. The van der Waals surface area contributed by atoms with Crippen LogP contribution in [0.1, 0.15) is 33.7 Å². The van der Waals surface area contributed by atoms with E-state index >= 15 is 0 Å². The van der Waals surface area contributed by atoms with Crippen LogP contribution in [0.5, 0.6) is 0 Å². The molecule has 0 aliphatic carbocycles. The summed E-state index contributed by atoms with van der Waals surface area (Å²) in [4.78, 5) is 0. The molecule has 1 aromatic heterocycles. The van der Waals surface area contributed by atoms with Crippen molar-refractivity contribution in [1.82, 2.24) is 5.16 Å². The molecule has 2 nitrogen and oxygen atoms in total. The predicted octanol–water partition coefficient (Wildman–Crippen LogP) is 3.50. The first kappa shape index (κ1) is 10.9. The molecular weight excluding hydrogens is 198 g/mol. The van der Waals surface area contributed by atoms with E-state index in [2.05, 4.69) is 37.2 Å². The molecule has 84 valence electrons. The van der Waals surface area contributed by atoms with Gasteiger partial charge in [-0.25, -0.2) is 0 Å². The Morgan fingerprint density at radius 2 is 1.62 bits per heavy atom. The Bertz CT molecular complexity index is 472. The van der Waals surface area contributed by atoms with Crippen molar-refractivity contribution in [2.24, 2.45) is 0 Å². The van der Waals surface area contributed by atoms with Gasteiger partial charge < -0.3 is 4.52 Å². The lowest BCUT2D eigenvalue weighted by Gasteiger charge is -2.09. The van der Waals surface area contributed by atoms with Gasteiger partial charge in [-0.05, 0) is 44.4 Å². The fourth-order valence-electron chi connectivity index (χ4n) is 2.06. The first-order chi connectivity index (χ1) is 7.59. The Morgan fingerprint density at radius 3 is 2.12 bits per heavy atom. The summed E-state index contributed by atoms with van der Waals surface area (Å²) in [6.45, 7) is 8.28. The first-order valence-corrected chi connectivity index (χ1v) is 5.56. The van der Waals surface area contributed by atoms with Crippen molar-refractivity contribution in [3.05, 3.63) is 51.9 Å². The van der Waals surface area contributed by atoms with E-state index in [-0.39, 0.29) is 0 Å². The zero-order valence-electron chi connectivity index (χ0n) is 10.3. The van der Waals surface area contributed by atoms with Crippen LogP contribution < -0.4 is 0 Å². The molecule has 0 atom stereocenters. The quantitative estimate of drug-likeness (QED) is 0.766. The van der Waals surface area contributed by atoms with Crippen molar-refractivity contribution in [2.45, 2.75) is 34.1 Å². The van der Waals surface area contributed by atoms with Gasteiger partial charge in [-0.3, -0.25) is 0 Å². The molecule has 0 fully saturated rings. The lowest BCUT2D eigenvalue weighted by Crippen LogP contribution is -1.97. The Labute approximate surface area is 96.3 Å². The average Bonchev–Trinajstić information content (AvgIpc) is 2.54. The lowest BCUT2D eigenvalue weighted by atomic mass is 9.95. The van der Waals surface area contributed by atoms with Crippen LogP contribution in [0.3, 0.4) is 0 Å². The van der Waals surface area contributed by atoms with Crippen LogP contribution in [0, 0.1) is 27.7 Å². The third kappa shape index (κ3) is 1.87. The molecule has 0 amide bonds. The maximum Gasteiger partial charge on any atom is 0.137 e. The Balaban J connectivity index is 2.41. The molecule has 0 saturated carbocycles. The minimum atomic E-state index is 0.916. The molecular formula is C14H17NO. The van der Waals surface area contributed by atoms with E-state index in [0.29, 0.717) is 0 Å². The van der Waals surface area contributed by atoms with Crippen molar-refractivity contribution in [1.29, 1.82) is 0 Å². The number of benzene rings is 1. The fourth-order valence-corrected chi connectivity index (χ4v) is 2.06. The van der Waals surface area contributed by atoms with Crippen LogP contribution in [0.15, 0.2) is 22.7 Å². The molecule has 0 saturated heterocycles. The van der Waals surface area contributed by atoms with Gasteiger partial charge in [0.15, 0.2) is 0 Å². The highest BCUT2D eigenvalue weighted by molar-refractivity contribution is 5.39. The lowest BCUT2D eigenvalue weighted by molar-refractivity contribution is 0.392. The smallest absolute Gasteiger partial charge is 0.137 e. The molecule has 16 heavy (non-hydrogen) atoms. The third-order valence-electron chi connectivity index (χ3n) is 3.18. The normalized spacial score (nSPS) is 10.8. The highest BCUT2D eigenvalue weighted by atomic mass is 16.5. The summed E-state index contributed by atoms with van der Waals surface area (Å²) in [6.07, 6.45) is 0.916. The fraction of sp³-hybridized carbons (Fsp3) is 0.357. The summed E-state index contributed by atoms with van der Waals surface area (Å²) in [5.74, 6) is 0.931. The average molecular weight is 215 g/mol. The minimum Gasteiger partial charge on any atom is -0.361 e. The third-order valence-corrected chi connectivity index (χ3v) is 3.18. The SMILES string of the molecule is Cc1cccc(C)c1Cc1c(C)noc1C. The van der Waals surface area contributed by atoms with Crippen LogP contribution in [-0.4, -0.2) is 5.16 Å². The van der Waals surface area contributed by atoms with Gasteiger partial charge in [-0.2, -0.15) is 0 Å². The van der Waals surface area contributed by atoms with Crippen LogP contribution in [0.4, 0.5) is 0 Å². The molecule has 0 bridgehead atoms. The maximum absolute atomic E-state index is 5.20. The number of nitrogens with zero attached hydrogens (tertiary/aromatic N) is 1. The highest BCUT2D eigenvalue weighted by Crippen LogP contribution is 2.21. The molecule has 0 unspecified atom stereocenters. The largest absolute Gasteiger partial charge is 0.361 e. The standard InChI is InChI=1S/C14H17NO/c1-9-6-5-7-10(2)13(9)8-14-11(3)15-16-12(14)4/h5-7H,8H2,1-4H3. The van der Waals surface area contributed by atoms with Gasteiger partial charge >= 0.3 is 0 Å². The van der Waals surface area contributed by atoms with Gasteiger partial charge in [0, 0.05) is 12.0 Å². The Kier molecular flexibility index (Phi) is 2.82. The second-order valence-electron chi connectivity index (χ2n) is 4.35. The van der Waals surface area contributed by atoms with Gasteiger partial charge in [0.05, 0.1) is 5.69 Å². The topological polar surface area (TPSA) is 26.0 Å². The monoisotopic (exact) mass is 215 g/mol. The molecule has 1 heterocycles. The summed E-state index contributed by atoms with van der Waals surface area (Å²) in [5, 5.41) is 4.00. The summed E-state index contributed by atoms with van der Waals surface area (Å²) in [5.41, 5.74) is 6.27. The maximum atomic E-state index is 5.20. The molecule has 0 aliphatic rings. The minimum absolute atomic E-state index is 0.916. The zero-order chi connectivity index (χ0) is 11.7. The number of rotatable bonds is 2. The summed E-state index contributed by atoms with van der Waals surface area (Å²) in [6, 6.07) is 6.41. The van der Waals surface area contributed by atoms with E-state index in [1.165, 1.54) is 22.3 Å². The molecule has 0 radical (unpaired) electrons. The van der Waals surface area contributed by atoms with Crippen LogP contribution in [0.2, 0.25) is 0 Å². The molecule has 2 heteroatoms. The van der Waals surface area contributed by atoms with Gasteiger partial charge in [-0.15, -0.1) is 0 Å². The summed E-state index contributed by atoms with van der Waals surface area (Å²) >= 11 is 0. The van der Waals surface area contributed by atoms with E-state index in [1.54, 1.807) is 0 Å². The molecule has 0 N–H and O–H groups in total. The van der Waals surface area contributed by atoms with Crippen LogP contribution in [-0.2, 0) is 6.42 Å². The number of hydrogen-bond acceptors (Lipinski definition) is 2. The van der Waals surface area contributed by atoms with E-state index in [1.807, 2.05) is 13.8 Å². The molecule has 2 rings (SSSR count). The van der Waals surface area contributed by atoms with Gasteiger partial charge in [0.2, 0.25) is 0 Å². The van der Waals surface area contributed by atoms with Crippen molar-refractivity contribution in [3.8, 4) is 0 Å². The Hall–Kier alpha value is -1.57. The number of hydrogen-bond donors (Lipinski definition) is 0. The van der Waals surface area contributed by atoms with Gasteiger partial charge in [-0.1, -0.05) is 23.4 Å². The van der Waals surface area contributed by atoms with E-state index < -0.39 is 0 Å². The first-order valence-electron chi connectivity index (χ1n) is 5.56. The van der Waals surface area contributed by atoms with Crippen molar-refractivity contribution < 1.29 is 4.52 Å². The number of aromatic nitrogens is 1. The van der Waals surface area contributed by atoms with E-state index in [0.717, 1.165) is 17.9 Å². The van der Waals surface area contributed by atoms with Crippen molar-refractivity contribution in [2.75, 3.05) is 0 Å². The van der Waals surface area contributed by atoms with Gasteiger partial charge in [0.1, 0.15) is 5.76 Å². The number of aryl methyl sites for hydroxylation is 4. The van der Waals surface area contributed by atoms with Crippen molar-refractivity contribution in [3.63, 3.8) is 0 Å². The van der Waals surface area contributed by atoms with Crippen molar-refractivity contribution >= 4 is 0 Å². The van der Waals surface area contributed by atoms with E-state index in [4.69, 9.17) is 4.52 Å². The Morgan fingerprint density at radius 1 is 1.00 bits per heavy atom. The molecule has 1 aromatic carbocycles. The van der Waals surface area contributed by atoms with Crippen LogP contribution in [0.25, 0.3) is 0 Å². The van der Waals surface area contributed by atoms with Gasteiger partial charge in [0.25, 0.3) is 0 Å². The second kappa shape index (κ2) is 4.12. The zero-order valence-corrected chi connectivity index (χ0v) is 10.3. The highest BCUT2D eigenvalue weighted by Gasteiger charge is 2.12. The van der Waals surface area contributed by atoms with Crippen LogP contribution >= 0.6 is 0 Å². The van der Waals surface area contributed by atoms with E-state index in [9.17, 15) is 0 Å². The summed E-state index contributed by atoms with van der Waals surface area (Å²) < 4.78 is 5.20.